The molecule has 0 N–H and O–H groups in total. The Bertz CT molecular complexity index is 3140. The third kappa shape index (κ3) is 6.67. The van der Waals surface area contributed by atoms with Gasteiger partial charge in [0.2, 0.25) is 0 Å². The summed E-state index contributed by atoms with van der Waals surface area (Å²) in [4.78, 5) is 19.3. The number of nitriles is 1. The highest BCUT2D eigenvalue weighted by molar-refractivity contribution is 5.93. The molecule has 9 aromatic rings. The number of benzene rings is 7. The Hall–Kier alpha value is -7.81. The van der Waals surface area contributed by atoms with Crippen LogP contribution < -0.4 is 0 Å². The number of hydrogen-bond donors (Lipinski definition) is 0. The maximum absolute atomic E-state index is 9.88. The Labute approximate surface area is 362 Å². The molecule has 0 amide bonds. The minimum Gasteiger partial charge on any atom is -0.264 e. The second-order valence-corrected chi connectivity index (χ2v) is 16.5. The summed E-state index contributed by atoms with van der Waals surface area (Å²) in [6.45, 7) is 0. The lowest BCUT2D eigenvalue weighted by atomic mass is 9.67. The molecule has 0 unspecified atom stereocenters. The van der Waals surface area contributed by atoms with Crippen molar-refractivity contribution in [2.45, 2.75) is 37.5 Å². The average Bonchev–Trinajstić information content (AvgIpc) is 3.62. The van der Waals surface area contributed by atoms with Crippen LogP contribution in [0.3, 0.4) is 0 Å². The third-order valence-corrected chi connectivity index (χ3v) is 12.9. The monoisotopic (exact) mass is 795 g/mol. The van der Waals surface area contributed by atoms with E-state index in [1.807, 2.05) is 48.7 Å². The molecule has 1 spiro atoms. The van der Waals surface area contributed by atoms with Gasteiger partial charge in [0.05, 0.1) is 11.6 Å². The molecule has 0 saturated heterocycles. The summed E-state index contributed by atoms with van der Waals surface area (Å²) in [5.41, 5.74) is 17.9. The van der Waals surface area contributed by atoms with Crippen LogP contribution in [0.4, 0.5) is 0 Å². The SMILES string of the molecule is N#Cc1ccc2c(c1)-c1c(-c3ccc(-c4cccc(-c5cccc(-c6nc(-c7ccccc7)nc(-c7ccc(-c8cccnc8)cc7)n6)c5)c4)cc3)cccc1C21CCCCC1. The van der Waals surface area contributed by atoms with Crippen molar-refractivity contribution < 1.29 is 0 Å². The van der Waals surface area contributed by atoms with Gasteiger partial charge in [-0.05, 0) is 110 Å². The fraction of sp³-hybridized carbons (Fsp3) is 0.105. The Kier molecular flexibility index (Phi) is 9.40. The van der Waals surface area contributed by atoms with Gasteiger partial charge in [-0.1, -0.05) is 165 Å². The van der Waals surface area contributed by atoms with Gasteiger partial charge in [0, 0.05) is 34.5 Å². The number of rotatable bonds is 7. The van der Waals surface area contributed by atoms with Crippen LogP contribution in [-0.2, 0) is 5.41 Å². The van der Waals surface area contributed by atoms with E-state index >= 15 is 0 Å². The molecule has 62 heavy (non-hydrogen) atoms. The van der Waals surface area contributed by atoms with E-state index in [-0.39, 0.29) is 5.41 Å². The third-order valence-electron chi connectivity index (χ3n) is 12.9. The van der Waals surface area contributed by atoms with Crippen LogP contribution in [0.2, 0.25) is 0 Å². The van der Waals surface area contributed by atoms with Crippen molar-refractivity contribution in [1.29, 1.82) is 5.26 Å². The number of aromatic nitrogens is 4. The highest BCUT2D eigenvalue weighted by atomic mass is 15.0. The first-order valence-electron chi connectivity index (χ1n) is 21.5. The zero-order valence-corrected chi connectivity index (χ0v) is 34.2. The van der Waals surface area contributed by atoms with Crippen LogP contribution in [0.15, 0.2) is 188 Å². The van der Waals surface area contributed by atoms with Crippen LogP contribution in [0.5, 0.6) is 0 Å². The molecule has 2 aliphatic rings. The van der Waals surface area contributed by atoms with E-state index in [0.717, 1.165) is 68.5 Å². The first-order chi connectivity index (χ1) is 30.6. The molecule has 5 nitrogen and oxygen atoms in total. The van der Waals surface area contributed by atoms with Gasteiger partial charge in [-0.25, -0.2) is 15.0 Å². The lowest BCUT2D eigenvalue weighted by Gasteiger charge is -2.36. The van der Waals surface area contributed by atoms with E-state index in [1.165, 1.54) is 52.6 Å². The number of hydrogen-bond acceptors (Lipinski definition) is 5. The Morgan fingerprint density at radius 3 is 1.63 bits per heavy atom. The molecule has 5 heteroatoms. The summed E-state index contributed by atoms with van der Waals surface area (Å²) in [5, 5.41) is 9.88. The quantitative estimate of drug-likeness (QED) is 0.161. The highest BCUT2D eigenvalue weighted by Crippen LogP contribution is 2.58. The van der Waals surface area contributed by atoms with Gasteiger partial charge < -0.3 is 0 Å². The van der Waals surface area contributed by atoms with Crippen LogP contribution in [0, 0.1) is 11.3 Å². The lowest BCUT2D eigenvalue weighted by Crippen LogP contribution is -2.28. The molecule has 11 rings (SSSR count). The van der Waals surface area contributed by atoms with Crippen molar-refractivity contribution in [3.8, 4) is 95.9 Å². The summed E-state index contributed by atoms with van der Waals surface area (Å²) < 4.78 is 0. The minimum atomic E-state index is 0.0357. The molecule has 2 heterocycles. The summed E-state index contributed by atoms with van der Waals surface area (Å²) in [5.74, 6) is 1.86. The Morgan fingerprint density at radius 2 is 0.952 bits per heavy atom. The van der Waals surface area contributed by atoms with Crippen LogP contribution in [-0.4, -0.2) is 19.9 Å². The van der Waals surface area contributed by atoms with Gasteiger partial charge in [0.15, 0.2) is 17.5 Å². The second-order valence-electron chi connectivity index (χ2n) is 16.5. The topological polar surface area (TPSA) is 75.3 Å². The van der Waals surface area contributed by atoms with Crippen LogP contribution in [0.25, 0.3) is 89.8 Å². The fourth-order valence-electron chi connectivity index (χ4n) is 9.81. The highest BCUT2D eigenvalue weighted by Gasteiger charge is 2.44. The molecule has 0 atom stereocenters. The molecule has 2 aromatic heterocycles. The van der Waals surface area contributed by atoms with Crippen molar-refractivity contribution in [3.63, 3.8) is 0 Å². The van der Waals surface area contributed by atoms with Crippen LogP contribution >= 0.6 is 0 Å². The van der Waals surface area contributed by atoms with Gasteiger partial charge >= 0.3 is 0 Å². The number of pyridine rings is 1. The number of nitrogens with zero attached hydrogens (tertiary/aromatic N) is 5. The standard InChI is InChI=1S/C57H41N5/c58-36-38-20-29-51-50(33-38)53-49(18-9-19-52(53)57(51)30-5-2-6-31-57)41-25-21-39(22-26-41)44-13-7-14-45(34-44)46-15-8-16-47(35-46)56-61-54(42-11-3-1-4-12-42)60-55(62-56)43-27-23-40(24-28-43)48-17-10-32-59-37-48/h1,3-4,7-29,32-35,37H,2,5-6,30-31H2. The van der Waals surface area contributed by atoms with Gasteiger partial charge in [-0.15, -0.1) is 0 Å². The van der Waals surface area contributed by atoms with E-state index in [1.54, 1.807) is 6.20 Å². The van der Waals surface area contributed by atoms with Crippen molar-refractivity contribution in [2.24, 2.45) is 0 Å². The van der Waals surface area contributed by atoms with Gasteiger partial charge in [0.1, 0.15) is 0 Å². The zero-order chi connectivity index (χ0) is 41.5. The smallest absolute Gasteiger partial charge is 0.164 e. The molecule has 0 aliphatic heterocycles. The molecule has 0 radical (unpaired) electrons. The molecule has 1 fully saturated rings. The average molecular weight is 796 g/mol. The van der Waals surface area contributed by atoms with Crippen molar-refractivity contribution in [1.82, 2.24) is 19.9 Å². The predicted molar refractivity (Wildman–Crippen MR) is 250 cm³/mol. The zero-order valence-electron chi connectivity index (χ0n) is 34.2. The summed E-state index contributed by atoms with van der Waals surface area (Å²) in [6.07, 6.45) is 9.73. The largest absolute Gasteiger partial charge is 0.264 e. The molecule has 7 aromatic carbocycles. The van der Waals surface area contributed by atoms with Gasteiger partial charge in [0.25, 0.3) is 0 Å². The summed E-state index contributed by atoms with van der Waals surface area (Å²) in [6, 6.07) is 64.2. The van der Waals surface area contributed by atoms with Crippen molar-refractivity contribution in [3.05, 3.63) is 205 Å². The fourth-order valence-corrected chi connectivity index (χ4v) is 9.81. The maximum atomic E-state index is 9.88. The molecule has 294 valence electrons. The summed E-state index contributed by atoms with van der Waals surface area (Å²) >= 11 is 0. The second kappa shape index (κ2) is 15.7. The molecular weight excluding hydrogens is 755 g/mol. The normalized spacial score (nSPS) is 13.6. The van der Waals surface area contributed by atoms with Crippen LogP contribution in [0.1, 0.15) is 48.8 Å². The van der Waals surface area contributed by atoms with Crippen molar-refractivity contribution >= 4 is 0 Å². The number of fused-ring (bicyclic) bond motifs is 5. The van der Waals surface area contributed by atoms with E-state index in [4.69, 9.17) is 15.0 Å². The van der Waals surface area contributed by atoms with E-state index in [2.05, 4.69) is 145 Å². The van der Waals surface area contributed by atoms with Gasteiger partial charge in [-0.2, -0.15) is 5.26 Å². The molecule has 0 bridgehead atoms. The van der Waals surface area contributed by atoms with E-state index in [9.17, 15) is 5.26 Å². The summed E-state index contributed by atoms with van der Waals surface area (Å²) in [7, 11) is 0. The van der Waals surface area contributed by atoms with E-state index < -0.39 is 0 Å². The molecule has 2 aliphatic carbocycles. The van der Waals surface area contributed by atoms with E-state index in [0.29, 0.717) is 17.5 Å². The molecule has 1 saturated carbocycles. The predicted octanol–water partition coefficient (Wildman–Crippen LogP) is 14.0. The van der Waals surface area contributed by atoms with Gasteiger partial charge in [-0.3, -0.25) is 4.98 Å². The lowest BCUT2D eigenvalue weighted by molar-refractivity contribution is 0.353. The Morgan fingerprint density at radius 1 is 0.403 bits per heavy atom. The maximum Gasteiger partial charge on any atom is 0.164 e. The molecular formula is C57H41N5. The van der Waals surface area contributed by atoms with Crippen molar-refractivity contribution in [2.75, 3.05) is 0 Å². The minimum absolute atomic E-state index is 0.0357. The first-order valence-corrected chi connectivity index (χ1v) is 21.5. The first kappa shape index (κ1) is 37.2. The Balaban J connectivity index is 0.918.